The SMILES string of the molecule is CC(c1ccc(OCC(F)(F)F)cc1)C1CC(Cl)=CN1. The Bertz CT molecular complexity index is 484. The molecule has 0 aromatic heterocycles. The second-order valence-corrected chi connectivity index (χ2v) is 5.32. The van der Waals surface area contributed by atoms with Gasteiger partial charge < -0.3 is 10.1 Å². The molecule has 0 radical (unpaired) electrons. The van der Waals surface area contributed by atoms with Crippen LogP contribution in [0.1, 0.15) is 24.8 Å². The number of rotatable bonds is 4. The molecule has 1 aromatic rings. The molecule has 2 atom stereocenters. The van der Waals surface area contributed by atoms with E-state index < -0.39 is 12.8 Å². The van der Waals surface area contributed by atoms with E-state index in [1.807, 2.05) is 6.92 Å². The molecule has 20 heavy (non-hydrogen) atoms. The molecule has 2 nitrogen and oxygen atoms in total. The number of nitrogens with one attached hydrogen (secondary N) is 1. The number of ether oxygens (including phenoxy) is 1. The second kappa shape index (κ2) is 5.95. The minimum Gasteiger partial charge on any atom is -0.484 e. The predicted molar refractivity (Wildman–Crippen MR) is 71.9 cm³/mol. The molecule has 1 aliphatic rings. The van der Waals surface area contributed by atoms with Crippen molar-refractivity contribution >= 4 is 11.6 Å². The third-order valence-corrected chi connectivity index (χ3v) is 3.54. The fourth-order valence-corrected chi connectivity index (χ4v) is 2.34. The van der Waals surface area contributed by atoms with Gasteiger partial charge in [-0.1, -0.05) is 30.7 Å². The molecule has 6 heteroatoms. The van der Waals surface area contributed by atoms with Gasteiger partial charge in [0.25, 0.3) is 0 Å². The Morgan fingerprint density at radius 2 is 2.00 bits per heavy atom. The van der Waals surface area contributed by atoms with Gasteiger partial charge >= 0.3 is 6.18 Å². The Morgan fingerprint density at radius 3 is 2.50 bits per heavy atom. The Morgan fingerprint density at radius 1 is 1.35 bits per heavy atom. The first-order valence-corrected chi connectivity index (χ1v) is 6.63. The molecule has 110 valence electrons. The van der Waals surface area contributed by atoms with Crippen LogP contribution in [-0.4, -0.2) is 18.8 Å². The molecule has 0 saturated carbocycles. The normalized spacial score (nSPS) is 20.2. The lowest BCUT2D eigenvalue weighted by molar-refractivity contribution is -0.153. The topological polar surface area (TPSA) is 21.3 Å². The molecule has 0 aliphatic carbocycles. The summed E-state index contributed by atoms with van der Waals surface area (Å²) in [6.45, 7) is 0.776. The van der Waals surface area contributed by atoms with Crippen LogP contribution in [0.2, 0.25) is 0 Å². The quantitative estimate of drug-likeness (QED) is 0.901. The summed E-state index contributed by atoms with van der Waals surface area (Å²) in [6, 6.07) is 6.89. The van der Waals surface area contributed by atoms with Crippen molar-refractivity contribution in [2.75, 3.05) is 6.61 Å². The zero-order valence-electron chi connectivity index (χ0n) is 10.9. The molecular formula is C14H15ClF3NO. The van der Waals surface area contributed by atoms with Crippen molar-refractivity contribution in [2.24, 2.45) is 0 Å². The van der Waals surface area contributed by atoms with Crippen molar-refractivity contribution in [1.82, 2.24) is 5.32 Å². The summed E-state index contributed by atoms with van der Waals surface area (Å²) >= 11 is 5.92. The minimum atomic E-state index is -4.32. The van der Waals surface area contributed by atoms with Crippen LogP contribution in [0.5, 0.6) is 5.75 Å². The molecule has 0 spiro atoms. The highest BCUT2D eigenvalue weighted by Crippen LogP contribution is 2.29. The molecular weight excluding hydrogens is 291 g/mol. The third-order valence-electron chi connectivity index (χ3n) is 3.28. The molecule has 0 saturated heterocycles. The van der Waals surface area contributed by atoms with Gasteiger partial charge in [0.15, 0.2) is 6.61 Å². The second-order valence-electron chi connectivity index (χ2n) is 4.83. The zero-order chi connectivity index (χ0) is 14.8. The summed E-state index contributed by atoms with van der Waals surface area (Å²) in [5.41, 5.74) is 1.03. The van der Waals surface area contributed by atoms with Crippen molar-refractivity contribution in [3.63, 3.8) is 0 Å². The van der Waals surface area contributed by atoms with E-state index >= 15 is 0 Å². The molecule has 2 rings (SSSR count). The lowest BCUT2D eigenvalue weighted by Gasteiger charge is -2.20. The van der Waals surface area contributed by atoms with Crippen LogP contribution in [0.3, 0.4) is 0 Å². The van der Waals surface area contributed by atoms with Crippen LogP contribution in [0.4, 0.5) is 13.2 Å². The van der Waals surface area contributed by atoms with Gasteiger partial charge in [-0.3, -0.25) is 0 Å². The highest BCUT2D eigenvalue weighted by atomic mass is 35.5. The van der Waals surface area contributed by atoms with E-state index in [-0.39, 0.29) is 17.7 Å². The van der Waals surface area contributed by atoms with Crippen molar-refractivity contribution in [2.45, 2.75) is 31.5 Å². The van der Waals surface area contributed by atoms with Crippen LogP contribution >= 0.6 is 11.6 Å². The van der Waals surface area contributed by atoms with E-state index in [1.165, 1.54) is 0 Å². The zero-order valence-corrected chi connectivity index (χ0v) is 11.6. The van der Waals surface area contributed by atoms with Gasteiger partial charge in [0.1, 0.15) is 5.75 Å². The first kappa shape index (κ1) is 15.0. The Kier molecular flexibility index (Phi) is 4.48. The van der Waals surface area contributed by atoms with E-state index in [1.54, 1.807) is 30.5 Å². The lowest BCUT2D eigenvalue weighted by atomic mass is 9.92. The number of benzene rings is 1. The van der Waals surface area contributed by atoms with Crippen LogP contribution in [0.15, 0.2) is 35.5 Å². The molecule has 1 aromatic carbocycles. The average molecular weight is 306 g/mol. The standard InChI is InChI=1S/C14H15ClF3NO/c1-9(13-6-11(15)7-19-13)10-2-4-12(5-3-10)20-8-14(16,17)18/h2-5,7,9,13,19H,6,8H2,1H3. The van der Waals surface area contributed by atoms with Crippen LogP contribution in [0.25, 0.3) is 0 Å². The van der Waals surface area contributed by atoms with Gasteiger partial charge in [0.2, 0.25) is 0 Å². The van der Waals surface area contributed by atoms with E-state index in [2.05, 4.69) is 10.1 Å². The molecule has 1 N–H and O–H groups in total. The Balaban J connectivity index is 1.94. The van der Waals surface area contributed by atoms with Gasteiger partial charge in [-0.05, 0) is 17.7 Å². The molecule has 1 aliphatic heterocycles. The van der Waals surface area contributed by atoms with Crippen LogP contribution < -0.4 is 10.1 Å². The minimum absolute atomic E-state index is 0.208. The first-order valence-electron chi connectivity index (χ1n) is 6.25. The van der Waals surface area contributed by atoms with Crippen LogP contribution in [-0.2, 0) is 0 Å². The highest BCUT2D eigenvalue weighted by Gasteiger charge is 2.28. The summed E-state index contributed by atoms with van der Waals surface area (Å²) in [5.74, 6) is 0.424. The van der Waals surface area contributed by atoms with Gasteiger partial charge in [0.05, 0.1) is 0 Å². The van der Waals surface area contributed by atoms with E-state index in [4.69, 9.17) is 11.6 Å². The lowest BCUT2D eigenvalue weighted by Crippen LogP contribution is -2.25. The Labute approximate surface area is 120 Å². The van der Waals surface area contributed by atoms with Crippen LogP contribution in [0, 0.1) is 0 Å². The van der Waals surface area contributed by atoms with E-state index in [0.717, 1.165) is 17.0 Å². The fourth-order valence-electron chi connectivity index (χ4n) is 2.11. The van der Waals surface area contributed by atoms with Gasteiger partial charge in [-0.15, -0.1) is 0 Å². The maximum atomic E-state index is 12.0. The summed E-state index contributed by atoms with van der Waals surface area (Å²) in [4.78, 5) is 0. The van der Waals surface area contributed by atoms with Gasteiger partial charge in [-0.2, -0.15) is 13.2 Å². The van der Waals surface area contributed by atoms with Crippen molar-refractivity contribution in [3.8, 4) is 5.75 Å². The van der Waals surface area contributed by atoms with Crippen molar-refractivity contribution in [1.29, 1.82) is 0 Å². The first-order chi connectivity index (χ1) is 9.35. The van der Waals surface area contributed by atoms with Crippen molar-refractivity contribution in [3.05, 3.63) is 41.1 Å². The Hall–Kier alpha value is -1.36. The number of hydrogen-bond acceptors (Lipinski definition) is 2. The molecule has 0 amide bonds. The third kappa shape index (κ3) is 4.07. The van der Waals surface area contributed by atoms with E-state index in [9.17, 15) is 13.2 Å². The molecule has 2 unspecified atom stereocenters. The summed E-state index contributed by atoms with van der Waals surface area (Å²) in [5, 5.41) is 3.97. The molecule has 1 heterocycles. The summed E-state index contributed by atoms with van der Waals surface area (Å²) in [6.07, 6.45) is -1.78. The smallest absolute Gasteiger partial charge is 0.422 e. The number of halogens is 4. The fraction of sp³-hybridized carbons (Fsp3) is 0.429. The van der Waals surface area contributed by atoms with Gasteiger partial charge in [-0.25, -0.2) is 0 Å². The number of hydrogen-bond donors (Lipinski definition) is 1. The maximum Gasteiger partial charge on any atom is 0.422 e. The predicted octanol–water partition coefficient (Wildman–Crippen LogP) is 4.17. The van der Waals surface area contributed by atoms with Gasteiger partial charge in [0, 0.05) is 29.6 Å². The summed E-state index contributed by atoms with van der Waals surface area (Å²) in [7, 11) is 0. The highest BCUT2D eigenvalue weighted by molar-refractivity contribution is 6.29. The van der Waals surface area contributed by atoms with E-state index in [0.29, 0.717) is 0 Å². The monoisotopic (exact) mass is 305 g/mol. The largest absolute Gasteiger partial charge is 0.484 e. The average Bonchev–Trinajstić information content (AvgIpc) is 2.82. The number of alkyl halides is 3. The summed E-state index contributed by atoms with van der Waals surface area (Å²) < 4.78 is 40.8. The maximum absolute atomic E-state index is 12.0. The molecule has 0 fully saturated rings. The van der Waals surface area contributed by atoms with Crippen molar-refractivity contribution < 1.29 is 17.9 Å². The molecule has 0 bridgehead atoms.